The molecule has 2 nitrogen and oxygen atoms in total. The molecule has 0 spiro atoms. The van der Waals surface area contributed by atoms with Gasteiger partial charge < -0.3 is 4.74 Å². The number of carbonyl (C=O) groups is 1. The zero-order valence-corrected chi connectivity index (χ0v) is 7.31. The third-order valence-electron chi connectivity index (χ3n) is 1.79. The average molecular weight is 154 g/mol. The summed E-state index contributed by atoms with van der Waals surface area (Å²) in [5, 5.41) is 0. The molecule has 1 rings (SSSR count). The van der Waals surface area contributed by atoms with Crippen molar-refractivity contribution in [1.29, 1.82) is 0 Å². The van der Waals surface area contributed by atoms with Crippen LogP contribution in [0.15, 0.2) is 11.3 Å². The fraction of sp³-hybridized carbons (Fsp3) is 0.667. The largest absolute Gasteiger partial charge is 0.495 e. The first-order valence-electron chi connectivity index (χ1n) is 4.01. The Hall–Kier alpha value is -0.790. The number of Topliss-reactive ketones (excluding diaryl/α,β-unsaturated/α-hetero) is 1. The quantitative estimate of drug-likeness (QED) is 0.608. The van der Waals surface area contributed by atoms with Gasteiger partial charge in [0, 0.05) is 18.4 Å². The predicted molar refractivity (Wildman–Crippen MR) is 43.2 cm³/mol. The Morgan fingerprint density at radius 2 is 2.00 bits per heavy atom. The molecule has 2 heteroatoms. The van der Waals surface area contributed by atoms with E-state index in [2.05, 4.69) is 0 Å². The SMILES string of the molecule is CC1=C(OC(C)C)CCC1=O. The summed E-state index contributed by atoms with van der Waals surface area (Å²) in [6.45, 7) is 5.79. The second-order valence-corrected chi connectivity index (χ2v) is 3.14. The maximum Gasteiger partial charge on any atom is 0.162 e. The maximum absolute atomic E-state index is 11.0. The highest BCUT2D eigenvalue weighted by Gasteiger charge is 2.20. The van der Waals surface area contributed by atoms with Gasteiger partial charge in [-0.05, 0) is 20.8 Å². The van der Waals surface area contributed by atoms with Gasteiger partial charge in [0.05, 0.1) is 6.10 Å². The molecule has 0 unspecified atom stereocenters. The van der Waals surface area contributed by atoms with Crippen molar-refractivity contribution in [2.45, 2.75) is 39.7 Å². The van der Waals surface area contributed by atoms with Gasteiger partial charge in [-0.25, -0.2) is 0 Å². The van der Waals surface area contributed by atoms with Crippen LogP contribution >= 0.6 is 0 Å². The monoisotopic (exact) mass is 154 g/mol. The summed E-state index contributed by atoms with van der Waals surface area (Å²) in [6, 6.07) is 0. The lowest BCUT2D eigenvalue weighted by atomic mass is 10.2. The highest BCUT2D eigenvalue weighted by atomic mass is 16.5. The molecule has 0 amide bonds. The van der Waals surface area contributed by atoms with Crippen LogP contribution in [0.1, 0.15) is 33.6 Å². The third kappa shape index (κ3) is 1.82. The molecule has 0 radical (unpaired) electrons. The molecule has 0 aliphatic heterocycles. The highest BCUT2D eigenvalue weighted by molar-refractivity contribution is 5.97. The summed E-state index contributed by atoms with van der Waals surface area (Å²) in [7, 11) is 0. The van der Waals surface area contributed by atoms with Gasteiger partial charge in [0.25, 0.3) is 0 Å². The van der Waals surface area contributed by atoms with Gasteiger partial charge in [-0.2, -0.15) is 0 Å². The Bertz CT molecular complexity index is 202. The summed E-state index contributed by atoms with van der Waals surface area (Å²) in [5.41, 5.74) is 0.818. The highest BCUT2D eigenvalue weighted by Crippen LogP contribution is 2.24. The van der Waals surface area contributed by atoms with Crippen molar-refractivity contribution in [3.05, 3.63) is 11.3 Å². The molecule has 0 N–H and O–H groups in total. The van der Waals surface area contributed by atoms with Crippen molar-refractivity contribution < 1.29 is 9.53 Å². The standard InChI is InChI=1S/C9H14O2/c1-6(2)11-9-5-4-8(10)7(9)3/h6H,4-5H2,1-3H3. The second-order valence-electron chi connectivity index (χ2n) is 3.14. The topological polar surface area (TPSA) is 26.3 Å². The summed E-state index contributed by atoms with van der Waals surface area (Å²) in [6.07, 6.45) is 1.61. The molecule has 0 atom stereocenters. The van der Waals surface area contributed by atoms with Crippen LogP contribution in [0.4, 0.5) is 0 Å². The van der Waals surface area contributed by atoms with Crippen LogP contribution in [0.3, 0.4) is 0 Å². The zero-order chi connectivity index (χ0) is 8.43. The van der Waals surface area contributed by atoms with Gasteiger partial charge in [-0.15, -0.1) is 0 Å². The van der Waals surface area contributed by atoms with Crippen molar-refractivity contribution in [3.8, 4) is 0 Å². The predicted octanol–water partition coefficient (Wildman–Crippen LogP) is 2.05. The third-order valence-corrected chi connectivity index (χ3v) is 1.79. The molecule has 0 heterocycles. The lowest BCUT2D eigenvalue weighted by Gasteiger charge is -2.10. The van der Waals surface area contributed by atoms with Crippen LogP contribution in [0, 0.1) is 0 Å². The number of ketones is 1. The van der Waals surface area contributed by atoms with Gasteiger partial charge in [0.1, 0.15) is 5.76 Å². The molecule has 62 valence electrons. The van der Waals surface area contributed by atoms with E-state index in [1.54, 1.807) is 0 Å². The Balaban J connectivity index is 2.64. The summed E-state index contributed by atoms with van der Waals surface area (Å²) < 4.78 is 5.45. The average Bonchev–Trinajstić information content (AvgIpc) is 2.18. The maximum atomic E-state index is 11.0. The van der Waals surface area contributed by atoms with Crippen LogP contribution < -0.4 is 0 Å². The smallest absolute Gasteiger partial charge is 0.162 e. The molecule has 11 heavy (non-hydrogen) atoms. The van der Waals surface area contributed by atoms with Crippen LogP contribution in [0.5, 0.6) is 0 Å². The van der Waals surface area contributed by atoms with Gasteiger partial charge in [-0.3, -0.25) is 4.79 Å². The lowest BCUT2D eigenvalue weighted by molar-refractivity contribution is -0.114. The first-order chi connectivity index (χ1) is 5.11. The van der Waals surface area contributed by atoms with Gasteiger partial charge in [0.15, 0.2) is 5.78 Å². The number of rotatable bonds is 2. The molecule has 1 aliphatic carbocycles. The first kappa shape index (κ1) is 8.31. The van der Waals surface area contributed by atoms with Crippen molar-refractivity contribution in [2.24, 2.45) is 0 Å². The number of carbonyl (C=O) groups excluding carboxylic acids is 1. The molecule has 0 saturated heterocycles. The first-order valence-corrected chi connectivity index (χ1v) is 4.01. The van der Waals surface area contributed by atoms with Crippen LogP contribution in [-0.2, 0) is 9.53 Å². The molecular weight excluding hydrogens is 140 g/mol. The minimum atomic E-state index is 0.186. The fourth-order valence-corrected chi connectivity index (χ4v) is 1.19. The summed E-state index contributed by atoms with van der Waals surface area (Å²) in [4.78, 5) is 11.0. The second kappa shape index (κ2) is 3.07. The Morgan fingerprint density at radius 3 is 2.36 bits per heavy atom. The number of ether oxygens (including phenoxy) is 1. The van der Waals surface area contributed by atoms with Crippen LogP contribution in [0.25, 0.3) is 0 Å². The molecule has 0 bridgehead atoms. The van der Waals surface area contributed by atoms with Crippen molar-refractivity contribution in [2.75, 3.05) is 0 Å². The Labute approximate surface area is 67.2 Å². The van der Waals surface area contributed by atoms with E-state index in [0.717, 1.165) is 17.8 Å². The number of hydrogen-bond donors (Lipinski definition) is 0. The van der Waals surface area contributed by atoms with Crippen molar-refractivity contribution >= 4 is 5.78 Å². The van der Waals surface area contributed by atoms with Crippen molar-refractivity contribution in [3.63, 3.8) is 0 Å². The van der Waals surface area contributed by atoms with E-state index in [4.69, 9.17) is 4.74 Å². The lowest BCUT2D eigenvalue weighted by Crippen LogP contribution is -2.02. The minimum absolute atomic E-state index is 0.186. The molecule has 0 fully saturated rings. The van der Waals surface area contributed by atoms with Gasteiger partial charge in [-0.1, -0.05) is 0 Å². The van der Waals surface area contributed by atoms with Gasteiger partial charge >= 0.3 is 0 Å². The Kier molecular flexibility index (Phi) is 2.32. The van der Waals surface area contributed by atoms with E-state index < -0.39 is 0 Å². The molecule has 0 aromatic rings. The fourth-order valence-electron chi connectivity index (χ4n) is 1.19. The van der Waals surface area contributed by atoms with Crippen molar-refractivity contribution in [1.82, 2.24) is 0 Å². The molecular formula is C9H14O2. The summed E-state index contributed by atoms with van der Waals surface area (Å²) >= 11 is 0. The normalized spacial score (nSPS) is 18.4. The summed E-state index contributed by atoms with van der Waals surface area (Å²) in [5.74, 6) is 1.13. The van der Waals surface area contributed by atoms with E-state index >= 15 is 0 Å². The Morgan fingerprint density at radius 1 is 1.36 bits per heavy atom. The molecule has 0 aromatic heterocycles. The van der Waals surface area contributed by atoms with E-state index in [1.807, 2.05) is 20.8 Å². The van der Waals surface area contributed by atoms with E-state index in [9.17, 15) is 4.79 Å². The van der Waals surface area contributed by atoms with E-state index in [-0.39, 0.29) is 11.9 Å². The van der Waals surface area contributed by atoms with Gasteiger partial charge in [0.2, 0.25) is 0 Å². The number of hydrogen-bond acceptors (Lipinski definition) is 2. The van der Waals surface area contributed by atoms with E-state index in [0.29, 0.717) is 6.42 Å². The van der Waals surface area contributed by atoms with Crippen LogP contribution in [-0.4, -0.2) is 11.9 Å². The molecule has 0 saturated carbocycles. The van der Waals surface area contributed by atoms with Crippen LogP contribution in [0.2, 0.25) is 0 Å². The number of allylic oxidation sites excluding steroid dienone is 2. The van der Waals surface area contributed by atoms with E-state index in [1.165, 1.54) is 0 Å². The molecule has 0 aromatic carbocycles. The molecule has 1 aliphatic rings. The minimum Gasteiger partial charge on any atom is -0.495 e. The zero-order valence-electron chi connectivity index (χ0n) is 7.31.